The van der Waals surface area contributed by atoms with E-state index in [1.165, 1.54) is 6.92 Å². The lowest BCUT2D eigenvalue weighted by Crippen LogP contribution is -2.29. The van der Waals surface area contributed by atoms with Gasteiger partial charge in [-0.3, -0.25) is 0 Å². The van der Waals surface area contributed by atoms with Crippen LogP contribution in [-0.4, -0.2) is 27.2 Å². The van der Waals surface area contributed by atoms with Crippen LogP contribution in [0.5, 0.6) is 0 Å². The molecule has 1 aromatic rings. The van der Waals surface area contributed by atoms with Crippen LogP contribution in [0.25, 0.3) is 0 Å². The van der Waals surface area contributed by atoms with E-state index in [0.717, 1.165) is 19.2 Å². The van der Waals surface area contributed by atoms with Gasteiger partial charge >= 0.3 is 5.97 Å². The second kappa shape index (κ2) is 4.26. The van der Waals surface area contributed by atoms with E-state index in [-0.39, 0.29) is 5.56 Å². The summed E-state index contributed by atoms with van der Waals surface area (Å²) in [7, 11) is -2.58. The molecule has 0 fully saturated rings. The molecule has 0 amide bonds. The minimum absolute atomic E-state index is 0.0435. The number of sulfone groups is 1. The standard InChI is InChI=1S/C12H12F2O4S/c1-7-5-10-9(6-8(7)11(15)18-2)12(13,14)3-4-19(10,16)17/h5-6H,3-4H2,1-2H3. The fourth-order valence-electron chi connectivity index (χ4n) is 2.06. The average Bonchev–Trinajstić information content (AvgIpc) is 2.34. The van der Waals surface area contributed by atoms with E-state index in [9.17, 15) is 22.0 Å². The van der Waals surface area contributed by atoms with E-state index in [4.69, 9.17) is 0 Å². The third kappa shape index (κ3) is 2.22. The number of ether oxygens (including phenoxy) is 1. The average molecular weight is 290 g/mol. The molecule has 1 aliphatic heterocycles. The van der Waals surface area contributed by atoms with Crippen LogP contribution in [0.1, 0.15) is 27.9 Å². The van der Waals surface area contributed by atoms with Crippen LogP contribution < -0.4 is 0 Å². The van der Waals surface area contributed by atoms with E-state index in [1.807, 2.05) is 0 Å². The zero-order valence-corrected chi connectivity index (χ0v) is 11.2. The summed E-state index contributed by atoms with van der Waals surface area (Å²) >= 11 is 0. The first-order chi connectivity index (χ1) is 8.69. The molecule has 1 aliphatic rings. The van der Waals surface area contributed by atoms with Gasteiger partial charge in [0.05, 0.1) is 23.3 Å². The molecule has 1 heterocycles. The molecule has 0 spiro atoms. The lowest BCUT2D eigenvalue weighted by atomic mass is 9.99. The number of benzene rings is 1. The fourth-order valence-corrected chi connectivity index (χ4v) is 3.71. The van der Waals surface area contributed by atoms with Crippen LogP contribution in [0.3, 0.4) is 0 Å². The molecule has 0 atom stereocenters. The Hall–Kier alpha value is -1.50. The third-order valence-electron chi connectivity index (χ3n) is 3.15. The minimum atomic E-state index is -3.72. The highest BCUT2D eigenvalue weighted by atomic mass is 32.2. The number of alkyl halides is 2. The van der Waals surface area contributed by atoms with Crippen molar-refractivity contribution in [2.24, 2.45) is 0 Å². The van der Waals surface area contributed by atoms with Crippen LogP contribution in [-0.2, 0) is 20.5 Å². The van der Waals surface area contributed by atoms with E-state index in [2.05, 4.69) is 4.74 Å². The molecule has 0 N–H and O–H groups in total. The number of rotatable bonds is 1. The highest BCUT2D eigenvalue weighted by Crippen LogP contribution is 2.42. The molecular weight excluding hydrogens is 278 g/mol. The highest BCUT2D eigenvalue weighted by Gasteiger charge is 2.43. The Morgan fingerprint density at radius 1 is 1.37 bits per heavy atom. The highest BCUT2D eigenvalue weighted by molar-refractivity contribution is 7.91. The molecule has 7 heteroatoms. The summed E-state index contributed by atoms with van der Waals surface area (Å²) in [5, 5.41) is 0. The van der Waals surface area contributed by atoms with Gasteiger partial charge in [-0.2, -0.15) is 0 Å². The van der Waals surface area contributed by atoms with Gasteiger partial charge in [-0.1, -0.05) is 0 Å². The predicted molar refractivity (Wildman–Crippen MR) is 63.1 cm³/mol. The van der Waals surface area contributed by atoms with Crippen molar-refractivity contribution in [3.63, 3.8) is 0 Å². The van der Waals surface area contributed by atoms with Gasteiger partial charge in [-0.05, 0) is 24.6 Å². The maximum atomic E-state index is 13.8. The van der Waals surface area contributed by atoms with Crippen LogP contribution in [0, 0.1) is 6.92 Å². The summed E-state index contributed by atoms with van der Waals surface area (Å²) < 4.78 is 55.7. The topological polar surface area (TPSA) is 60.4 Å². The van der Waals surface area contributed by atoms with Gasteiger partial charge in [0.1, 0.15) is 0 Å². The summed E-state index contributed by atoms with van der Waals surface area (Å²) in [6.45, 7) is 1.48. The van der Waals surface area contributed by atoms with Crippen molar-refractivity contribution < 1.29 is 26.7 Å². The van der Waals surface area contributed by atoms with Crippen molar-refractivity contribution in [1.29, 1.82) is 0 Å². The SMILES string of the molecule is COC(=O)c1cc2c(cc1C)S(=O)(=O)CCC2(F)F. The Bertz CT molecular complexity index is 650. The summed E-state index contributed by atoms with van der Waals surface area (Å²) in [5.74, 6) is -4.61. The van der Waals surface area contributed by atoms with Gasteiger partial charge in [-0.15, -0.1) is 0 Å². The van der Waals surface area contributed by atoms with Crippen LogP contribution >= 0.6 is 0 Å². The molecule has 0 radical (unpaired) electrons. The molecule has 4 nitrogen and oxygen atoms in total. The third-order valence-corrected chi connectivity index (χ3v) is 4.90. The summed E-state index contributed by atoms with van der Waals surface area (Å²) in [4.78, 5) is 11.1. The predicted octanol–water partition coefficient (Wildman–Crippen LogP) is 2.05. The van der Waals surface area contributed by atoms with Gasteiger partial charge < -0.3 is 4.74 Å². The zero-order chi connectivity index (χ0) is 14.4. The molecule has 0 aromatic heterocycles. The Balaban J connectivity index is 2.76. The summed E-state index contributed by atoms with van der Waals surface area (Å²) in [5.41, 5.74) is -0.366. The number of carbonyl (C=O) groups excluding carboxylic acids is 1. The number of methoxy groups -OCH3 is 1. The zero-order valence-electron chi connectivity index (χ0n) is 10.4. The number of fused-ring (bicyclic) bond motifs is 1. The molecule has 2 rings (SSSR count). The van der Waals surface area contributed by atoms with Gasteiger partial charge in [-0.25, -0.2) is 22.0 Å². The fraction of sp³-hybridized carbons (Fsp3) is 0.417. The number of carbonyl (C=O) groups is 1. The maximum Gasteiger partial charge on any atom is 0.338 e. The van der Waals surface area contributed by atoms with Gasteiger partial charge in [0.25, 0.3) is 5.92 Å². The lowest BCUT2D eigenvalue weighted by molar-refractivity contribution is -0.0128. The first-order valence-corrected chi connectivity index (χ1v) is 7.18. The Labute approximate surface area is 109 Å². The smallest absolute Gasteiger partial charge is 0.338 e. The van der Waals surface area contributed by atoms with E-state index in [0.29, 0.717) is 5.56 Å². The molecule has 104 valence electrons. The van der Waals surface area contributed by atoms with Crippen molar-refractivity contribution in [2.75, 3.05) is 12.9 Å². The largest absolute Gasteiger partial charge is 0.465 e. The van der Waals surface area contributed by atoms with E-state index >= 15 is 0 Å². The van der Waals surface area contributed by atoms with Crippen LogP contribution in [0.2, 0.25) is 0 Å². The first-order valence-electron chi connectivity index (χ1n) is 5.53. The van der Waals surface area contributed by atoms with Crippen molar-refractivity contribution in [2.45, 2.75) is 24.2 Å². The number of halogens is 2. The maximum absolute atomic E-state index is 13.8. The molecule has 0 saturated heterocycles. The molecule has 0 unspecified atom stereocenters. The van der Waals surface area contributed by atoms with Gasteiger partial charge in [0.2, 0.25) is 0 Å². The molecular formula is C12H12F2O4S. The van der Waals surface area contributed by atoms with Gasteiger partial charge in [0, 0.05) is 12.0 Å². The summed E-state index contributed by atoms with van der Waals surface area (Å²) in [6, 6.07) is 2.04. The number of hydrogen-bond acceptors (Lipinski definition) is 4. The number of esters is 1. The molecule has 19 heavy (non-hydrogen) atoms. The van der Waals surface area contributed by atoms with Gasteiger partial charge in [0.15, 0.2) is 9.84 Å². The second-order valence-electron chi connectivity index (χ2n) is 4.43. The van der Waals surface area contributed by atoms with Crippen molar-refractivity contribution in [1.82, 2.24) is 0 Å². The lowest BCUT2D eigenvalue weighted by Gasteiger charge is -2.26. The van der Waals surface area contributed by atoms with Crippen molar-refractivity contribution in [3.8, 4) is 0 Å². The second-order valence-corrected chi connectivity index (χ2v) is 6.51. The first kappa shape index (κ1) is 13.9. The van der Waals surface area contributed by atoms with Crippen molar-refractivity contribution >= 4 is 15.8 Å². The normalized spacial score (nSPS) is 19.6. The Morgan fingerprint density at radius 2 is 2.00 bits per heavy atom. The van der Waals surface area contributed by atoms with Crippen molar-refractivity contribution in [3.05, 3.63) is 28.8 Å². The molecule has 0 bridgehead atoms. The monoisotopic (exact) mass is 290 g/mol. The van der Waals surface area contributed by atoms with E-state index in [1.54, 1.807) is 0 Å². The van der Waals surface area contributed by atoms with Crippen LogP contribution in [0.15, 0.2) is 17.0 Å². The minimum Gasteiger partial charge on any atom is -0.465 e. The quantitative estimate of drug-likeness (QED) is 0.743. The van der Waals surface area contributed by atoms with E-state index < -0.39 is 44.4 Å². The Kier molecular flexibility index (Phi) is 3.12. The summed E-state index contributed by atoms with van der Waals surface area (Å²) in [6.07, 6.45) is -0.772. The number of aryl methyl sites for hydroxylation is 1. The Morgan fingerprint density at radius 3 is 2.58 bits per heavy atom. The molecule has 0 saturated carbocycles. The molecule has 1 aromatic carbocycles. The number of hydrogen-bond donors (Lipinski definition) is 0. The molecule has 0 aliphatic carbocycles. The van der Waals surface area contributed by atoms with Crippen LogP contribution in [0.4, 0.5) is 8.78 Å².